The van der Waals surface area contributed by atoms with Gasteiger partial charge in [-0.05, 0) is 59.3 Å². The van der Waals surface area contributed by atoms with Crippen LogP contribution in [0.4, 0.5) is 5.69 Å². The molecule has 0 spiro atoms. The van der Waals surface area contributed by atoms with Gasteiger partial charge in [0, 0.05) is 6.21 Å². The number of carboxylic acid groups (broad SMARTS) is 1. The Morgan fingerprint density at radius 2 is 2.00 bits per heavy atom. The van der Waals surface area contributed by atoms with E-state index in [-0.39, 0.29) is 0 Å². The highest BCUT2D eigenvalue weighted by atomic mass is 127. The lowest BCUT2D eigenvalue weighted by atomic mass is 10.2. The highest BCUT2D eigenvalue weighted by molar-refractivity contribution is 14.1. The molecule has 0 amide bonds. The van der Waals surface area contributed by atoms with Crippen molar-refractivity contribution in [3.05, 3.63) is 45.5 Å². The first-order chi connectivity index (χ1) is 12.0. The molecule has 0 saturated carbocycles. The molecule has 132 valence electrons. The first-order valence-corrected chi connectivity index (χ1v) is 8.61. The SMILES string of the molecule is CCOc1ccccc1N=Cc1cc(I)c(OCC(=O)O)c(OC)c1. The second-order valence-corrected chi connectivity index (χ2v) is 6.04. The first kappa shape index (κ1) is 19.0. The Morgan fingerprint density at radius 1 is 1.24 bits per heavy atom. The van der Waals surface area contributed by atoms with Crippen LogP contribution in [0, 0.1) is 3.57 Å². The number of ether oxygens (including phenoxy) is 3. The normalized spacial score (nSPS) is 10.7. The molecular formula is C18H18INO5. The van der Waals surface area contributed by atoms with Gasteiger partial charge in [-0.2, -0.15) is 0 Å². The maximum Gasteiger partial charge on any atom is 0.341 e. The molecule has 2 rings (SSSR count). The Morgan fingerprint density at radius 3 is 2.68 bits per heavy atom. The monoisotopic (exact) mass is 455 g/mol. The fourth-order valence-electron chi connectivity index (χ4n) is 2.07. The topological polar surface area (TPSA) is 77.4 Å². The third kappa shape index (κ3) is 5.35. The quantitative estimate of drug-likeness (QED) is 0.483. The molecule has 2 aromatic rings. The van der Waals surface area contributed by atoms with Crippen molar-refractivity contribution in [3.8, 4) is 17.2 Å². The molecule has 2 aromatic carbocycles. The Balaban J connectivity index is 2.28. The first-order valence-electron chi connectivity index (χ1n) is 7.53. The molecule has 0 unspecified atom stereocenters. The smallest absolute Gasteiger partial charge is 0.341 e. The van der Waals surface area contributed by atoms with E-state index in [1.165, 1.54) is 7.11 Å². The van der Waals surface area contributed by atoms with Gasteiger partial charge in [-0.3, -0.25) is 4.99 Å². The van der Waals surface area contributed by atoms with Crippen molar-refractivity contribution in [3.63, 3.8) is 0 Å². The number of para-hydroxylation sites is 2. The number of carboxylic acids is 1. The molecule has 0 heterocycles. The van der Waals surface area contributed by atoms with Crippen LogP contribution >= 0.6 is 22.6 Å². The summed E-state index contributed by atoms with van der Waals surface area (Å²) in [5, 5.41) is 8.76. The summed E-state index contributed by atoms with van der Waals surface area (Å²) in [5.41, 5.74) is 1.53. The highest BCUT2D eigenvalue weighted by Crippen LogP contribution is 2.34. The second kappa shape index (κ2) is 9.26. The van der Waals surface area contributed by atoms with Crippen LogP contribution in [0.1, 0.15) is 12.5 Å². The lowest BCUT2D eigenvalue weighted by molar-refractivity contribution is -0.139. The summed E-state index contributed by atoms with van der Waals surface area (Å²) >= 11 is 2.07. The molecule has 25 heavy (non-hydrogen) atoms. The Hall–Kier alpha value is -2.29. The molecule has 0 fully saturated rings. The van der Waals surface area contributed by atoms with Gasteiger partial charge in [0.25, 0.3) is 0 Å². The lowest BCUT2D eigenvalue weighted by Gasteiger charge is -2.12. The third-order valence-electron chi connectivity index (χ3n) is 3.11. The van der Waals surface area contributed by atoms with Gasteiger partial charge in [0.2, 0.25) is 0 Å². The van der Waals surface area contributed by atoms with Crippen LogP contribution in [-0.2, 0) is 4.79 Å². The standard InChI is InChI=1S/C18H18INO5/c1-3-24-15-7-5-4-6-14(15)20-10-12-8-13(19)18(16(9-12)23-2)25-11-17(21)22/h4-10H,3,11H2,1-2H3,(H,21,22). The van der Waals surface area contributed by atoms with Gasteiger partial charge >= 0.3 is 5.97 Å². The number of methoxy groups -OCH3 is 1. The number of nitrogens with zero attached hydrogens (tertiary/aromatic N) is 1. The number of benzene rings is 2. The molecule has 0 radical (unpaired) electrons. The van der Waals surface area contributed by atoms with Crippen molar-refractivity contribution in [2.24, 2.45) is 4.99 Å². The number of hydrogen-bond donors (Lipinski definition) is 1. The van der Waals surface area contributed by atoms with E-state index in [0.29, 0.717) is 23.9 Å². The zero-order valence-electron chi connectivity index (χ0n) is 13.9. The summed E-state index contributed by atoms with van der Waals surface area (Å²) < 4.78 is 16.9. The number of aliphatic carboxylic acids is 1. The van der Waals surface area contributed by atoms with Crippen LogP contribution in [0.5, 0.6) is 17.2 Å². The molecule has 0 aliphatic heterocycles. The van der Waals surface area contributed by atoms with Crippen molar-refractivity contribution in [2.75, 3.05) is 20.3 Å². The molecule has 7 heteroatoms. The third-order valence-corrected chi connectivity index (χ3v) is 3.91. The summed E-state index contributed by atoms with van der Waals surface area (Å²) in [4.78, 5) is 15.2. The Bertz CT molecular complexity index is 776. The second-order valence-electron chi connectivity index (χ2n) is 4.88. The van der Waals surface area contributed by atoms with Crippen molar-refractivity contribution in [1.29, 1.82) is 0 Å². The number of halogens is 1. The maximum atomic E-state index is 10.7. The summed E-state index contributed by atoms with van der Waals surface area (Å²) in [6.07, 6.45) is 1.70. The largest absolute Gasteiger partial charge is 0.493 e. The molecule has 0 aliphatic rings. The Labute approximate surface area is 159 Å². The fraction of sp³-hybridized carbons (Fsp3) is 0.222. The van der Waals surface area contributed by atoms with Gasteiger partial charge in [0.05, 0.1) is 17.3 Å². The number of hydrogen-bond acceptors (Lipinski definition) is 5. The predicted molar refractivity (Wildman–Crippen MR) is 104 cm³/mol. The number of aliphatic imine (C=N–C) groups is 1. The summed E-state index contributed by atoms with van der Waals surface area (Å²) in [6, 6.07) is 11.1. The van der Waals surface area contributed by atoms with Gasteiger partial charge in [0.15, 0.2) is 18.1 Å². The molecule has 0 aromatic heterocycles. The molecule has 0 bridgehead atoms. The maximum absolute atomic E-state index is 10.7. The molecule has 6 nitrogen and oxygen atoms in total. The van der Waals surface area contributed by atoms with Crippen LogP contribution in [0.3, 0.4) is 0 Å². The molecule has 1 N–H and O–H groups in total. The van der Waals surface area contributed by atoms with E-state index in [9.17, 15) is 4.79 Å². The van der Waals surface area contributed by atoms with Crippen molar-refractivity contribution in [2.45, 2.75) is 6.92 Å². The van der Waals surface area contributed by atoms with E-state index in [4.69, 9.17) is 19.3 Å². The van der Waals surface area contributed by atoms with Crippen LogP contribution in [0.15, 0.2) is 41.4 Å². The zero-order valence-corrected chi connectivity index (χ0v) is 16.0. The van der Waals surface area contributed by atoms with Crippen molar-refractivity contribution in [1.82, 2.24) is 0 Å². The minimum atomic E-state index is -1.05. The van der Waals surface area contributed by atoms with E-state index < -0.39 is 12.6 Å². The molecule has 0 aliphatic carbocycles. The average Bonchev–Trinajstić information content (AvgIpc) is 2.59. The molecule has 0 saturated heterocycles. The summed E-state index contributed by atoms with van der Waals surface area (Å²) in [7, 11) is 1.50. The van der Waals surface area contributed by atoms with E-state index in [0.717, 1.165) is 14.8 Å². The van der Waals surface area contributed by atoms with Gasteiger partial charge in [-0.25, -0.2) is 4.79 Å². The van der Waals surface area contributed by atoms with Crippen LogP contribution in [0.25, 0.3) is 0 Å². The predicted octanol–water partition coefficient (Wildman–Crippen LogP) is 3.91. The summed E-state index contributed by atoms with van der Waals surface area (Å²) in [5.74, 6) is 0.519. The fourth-order valence-corrected chi connectivity index (χ4v) is 2.85. The van der Waals surface area contributed by atoms with Crippen molar-refractivity contribution < 1.29 is 24.1 Å². The van der Waals surface area contributed by atoms with E-state index in [1.807, 2.05) is 37.3 Å². The average molecular weight is 455 g/mol. The van der Waals surface area contributed by atoms with Crippen molar-refractivity contribution >= 4 is 40.5 Å². The van der Waals surface area contributed by atoms with Gasteiger partial charge < -0.3 is 19.3 Å². The number of carbonyl (C=O) groups is 1. The van der Waals surface area contributed by atoms with E-state index >= 15 is 0 Å². The summed E-state index contributed by atoms with van der Waals surface area (Å²) in [6.45, 7) is 2.05. The van der Waals surface area contributed by atoms with Gasteiger partial charge in [-0.15, -0.1) is 0 Å². The van der Waals surface area contributed by atoms with Crippen LogP contribution in [-0.4, -0.2) is 37.6 Å². The highest BCUT2D eigenvalue weighted by Gasteiger charge is 2.12. The van der Waals surface area contributed by atoms with Crippen LogP contribution in [0.2, 0.25) is 0 Å². The van der Waals surface area contributed by atoms with Crippen LogP contribution < -0.4 is 14.2 Å². The molecule has 0 atom stereocenters. The minimum Gasteiger partial charge on any atom is -0.493 e. The lowest BCUT2D eigenvalue weighted by Crippen LogP contribution is -2.11. The van der Waals surface area contributed by atoms with Gasteiger partial charge in [-0.1, -0.05) is 12.1 Å². The van der Waals surface area contributed by atoms with Gasteiger partial charge in [0.1, 0.15) is 11.4 Å². The molecular weight excluding hydrogens is 437 g/mol. The van der Waals surface area contributed by atoms with E-state index in [2.05, 4.69) is 27.6 Å². The Kier molecular flexibility index (Phi) is 7.05. The van der Waals surface area contributed by atoms with E-state index in [1.54, 1.807) is 12.3 Å². The number of rotatable bonds is 8. The minimum absolute atomic E-state index is 0.400. The zero-order chi connectivity index (χ0) is 18.2.